The number of nitrogen functional groups attached to an aromatic ring is 1. The molecule has 0 saturated heterocycles. The van der Waals surface area contributed by atoms with Gasteiger partial charge in [-0.25, -0.2) is 4.63 Å². The predicted octanol–water partition coefficient (Wildman–Crippen LogP) is 0.491. The fourth-order valence-corrected chi connectivity index (χ4v) is 1.65. The predicted molar refractivity (Wildman–Crippen MR) is 62.4 cm³/mol. The second-order valence-electron chi connectivity index (χ2n) is 3.80. The van der Waals surface area contributed by atoms with E-state index in [1.807, 2.05) is 6.92 Å². The second kappa shape index (κ2) is 3.95. The molecule has 0 aliphatic carbocycles. The van der Waals surface area contributed by atoms with Crippen LogP contribution in [0.25, 0.3) is 11.0 Å². The van der Waals surface area contributed by atoms with Gasteiger partial charge in [0.2, 0.25) is 0 Å². The van der Waals surface area contributed by atoms with Crippen LogP contribution in [0.3, 0.4) is 0 Å². The molecule has 2 aromatic heterocycles. The largest absolute Gasteiger partial charge is 0.397 e. The van der Waals surface area contributed by atoms with Gasteiger partial charge < -0.3 is 11.1 Å². The molecule has 9 nitrogen and oxygen atoms in total. The van der Waals surface area contributed by atoms with Gasteiger partial charge in [-0.15, -0.1) is 10.2 Å². The zero-order valence-electron chi connectivity index (χ0n) is 9.45. The van der Waals surface area contributed by atoms with Gasteiger partial charge in [-0.3, -0.25) is 0 Å². The summed E-state index contributed by atoms with van der Waals surface area (Å²) in [5, 5.41) is 24.5. The lowest BCUT2D eigenvalue weighted by atomic mass is 10.2. The van der Waals surface area contributed by atoms with Crippen molar-refractivity contribution in [1.82, 2.24) is 30.9 Å². The average molecular weight is 246 g/mol. The highest BCUT2D eigenvalue weighted by Crippen LogP contribution is 2.27. The molecule has 3 aromatic rings. The van der Waals surface area contributed by atoms with E-state index in [-0.39, 0.29) is 6.04 Å². The smallest absolute Gasteiger partial charge is 0.196 e. The number of anilines is 2. The molecule has 1 aromatic carbocycles. The molecule has 0 aliphatic heterocycles. The van der Waals surface area contributed by atoms with Gasteiger partial charge in [0.25, 0.3) is 0 Å². The summed E-state index contributed by atoms with van der Waals surface area (Å²) < 4.78 is 4.69. The SMILES string of the molecule is CC(Nc1ccc(N)c2nonc12)c1nn[nH]n1. The molecule has 0 fully saturated rings. The molecule has 0 spiro atoms. The van der Waals surface area contributed by atoms with Crippen LogP contribution in [0.15, 0.2) is 16.8 Å². The quantitative estimate of drug-likeness (QED) is 0.569. The Morgan fingerprint density at radius 1 is 1.33 bits per heavy atom. The monoisotopic (exact) mass is 246 g/mol. The van der Waals surface area contributed by atoms with Crippen LogP contribution in [0.4, 0.5) is 11.4 Å². The van der Waals surface area contributed by atoms with E-state index in [0.29, 0.717) is 22.5 Å². The number of nitrogens with zero attached hydrogens (tertiary/aromatic N) is 5. The first-order valence-electron chi connectivity index (χ1n) is 5.26. The van der Waals surface area contributed by atoms with Crippen LogP contribution in [0.2, 0.25) is 0 Å². The molecule has 1 unspecified atom stereocenters. The first-order valence-corrected chi connectivity index (χ1v) is 5.26. The van der Waals surface area contributed by atoms with Crippen LogP contribution >= 0.6 is 0 Å². The molecule has 4 N–H and O–H groups in total. The van der Waals surface area contributed by atoms with E-state index in [2.05, 4.69) is 40.9 Å². The zero-order chi connectivity index (χ0) is 12.5. The van der Waals surface area contributed by atoms with Crippen LogP contribution in [0.5, 0.6) is 0 Å². The molecular weight excluding hydrogens is 236 g/mol. The Morgan fingerprint density at radius 2 is 2.17 bits per heavy atom. The summed E-state index contributed by atoms with van der Waals surface area (Å²) in [7, 11) is 0. The van der Waals surface area contributed by atoms with Gasteiger partial charge >= 0.3 is 0 Å². The third-order valence-corrected chi connectivity index (χ3v) is 2.57. The van der Waals surface area contributed by atoms with E-state index < -0.39 is 0 Å². The average Bonchev–Trinajstić information content (AvgIpc) is 3.01. The summed E-state index contributed by atoms with van der Waals surface area (Å²) in [6, 6.07) is 3.41. The van der Waals surface area contributed by atoms with E-state index in [1.165, 1.54) is 0 Å². The highest BCUT2D eigenvalue weighted by atomic mass is 16.6. The van der Waals surface area contributed by atoms with Crippen molar-refractivity contribution in [3.63, 3.8) is 0 Å². The Hall–Kier alpha value is -2.71. The molecule has 92 valence electrons. The van der Waals surface area contributed by atoms with Crippen molar-refractivity contribution in [1.29, 1.82) is 0 Å². The number of rotatable bonds is 3. The van der Waals surface area contributed by atoms with Crippen molar-refractivity contribution >= 4 is 22.4 Å². The highest BCUT2D eigenvalue weighted by Gasteiger charge is 2.15. The number of aromatic nitrogens is 6. The molecule has 0 amide bonds. The van der Waals surface area contributed by atoms with Crippen molar-refractivity contribution < 1.29 is 4.63 Å². The molecule has 0 radical (unpaired) electrons. The van der Waals surface area contributed by atoms with Gasteiger partial charge in [-0.1, -0.05) is 5.21 Å². The number of tetrazole rings is 1. The molecule has 9 heteroatoms. The lowest BCUT2D eigenvalue weighted by molar-refractivity contribution is 0.315. The summed E-state index contributed by atoms with van der Waals surface area (Å²) in [5.41, 5.74) is 8.13. The van der Waals surface area contributed by atoms with Gasteiger partial charge in [0, 0.05) is 0 Å². The van der Waals surface area contributed by atoms with Crippen LogP contribution in [-0.4, -0.2) is 30.9 Å². The van der Waals surface area contributed by atoms with E-state index in [4.69, 9.17) is 5.73 Å². The van der Waals surface area contributed by atoms with Crippen LogP contribution in [0, 0.1) is 0 Å². The fraction of sp³-hybridized carbons (Fsp3) is 0.222. The van der Waals surface area contributed by atoms with Crippen molar-refractivity contribution in [2.24, 2.45) is 0 Å². The Labute approximate surface area is 101 Å². The lowest BCUT2D eigenvalue weighted by Crippen LogP contribution is -2.09. The normalized spacial score (nSPS) is 12.7. The maximum atomic E-state index is 5.76. The third kappa shape index (κ3) is 1.61. The minimum atomic E-state index is -0.132. The molecule has 0 aliphatic rings. The third-order valence-electron chi connectivity index (χ3n) is 2.57. The number of hydrogen-bond acceptors (Lipinski definition) is 8. The minimum Gasteiger partial charge on any atom is -0.397 e. The maximum absolute atomic E-state index is 5.76. The number of hydrogen-bond donors (Lipinski definition) is 3. The molecule has 0 saturated carbocycles. The standard InChI is InChI=1S/C9H10N8O/c1-4(9-12-16-17-13-9)11-6-3-2-5(10)7-8(6)15-18-14-7/h2-4,11H,10H2,1H3,(H,12,13,16,17). The van der Waals surface area contributed by atoms with Crippen LogP contribution in [-0.2, 0) is 0 Å². The molecule has 0 bridgehead atoms. The number of fused-ring (bicyclic) bond motifs is 1. The van der Waals surface area contributed by atoms with Crippen LogP contribution in [0.1, 0.15) is 18.8 Å². The minimum absolute atomic E-state index is 0.132. The first kappa shape index (κ1) is 10.4. The molecule has 3 rings (SSSR count). The summed E-state index contributed by atoms with van der Waals surface area (Å²) in [4.78, 5) is 0. The summed E-state index contributed by atoms with van der Waals surface area (Å²) in [6.07, 6.45) is 0. The Kier molecular flexibility index (Phi) is 2.29. The van der Waals surface area contributed by atoms with Crippen molar-refractivity contribution in [3.8, 4) is 0 Å². The lowest BCUT2D eigenvalue weighted by Gasteiger charge is -2.11. The van der Waals surface area contributed by atoms with Gasteiger partial charge in [-0.05, 0) is 29.4 Å². The van der Waals surface area contributed by atoms with Gasteiger partial charge in [0.05, 0.1) is 17.4 Å². The maximum Gasteiger partial charge on any atom is 0.196 e. The molecule has 2 heterocycles. The molecule has 18 heavy (non-hydrogen) atoms. The van der Waals surface area contributed by atoms with E-state index in [9.17, 15) is 0 Å². The number of aromatic amines is 1. The van der Waals surface area contributed by atoms with Crippen molar-refractivity contribution in [2.75, 3.05) is 11.1 Å². The summed E-state index contributed by atoms with van der Waals surface area (Å²) in [6.45, 7) is 1.90. The van der Waals surface area contributed by atoms with E-state index in [1.54, 1.807) is 12.1 Å². The molecular formula is C9H10N8O. The van der Waals surface area contributed by atoms with Gasteiger partial charge in [-0.2, -0.15) is 5.21 Å². The molecule has 1 atom stereocenters. The number of nitrogens with one attached hydrogen (secondary N) is 2. The highest BCUT2D eigenvalue weighted by molar-refractivity contribution is 5.95. The fourth-order valence-electron chi connectivity index (χ4n) is 1.65. The Morgan fingerprint density at radius 3 is 2.94 bits per heavy atom. The first-order chi connectivity index (χ1) is 8.75. The van der Waals surface area contributed by atoms with Gasteiger partial charge in [0.15, 0.2) is 16.9 Å². The van der Waals surface area contributed by atoms with Crippen molar-refractivity contribution in [2.45, 2.75) is 13.0 Å². The number of nitrogens with two attached hydrogens (primary N) is 1. The van der Waals surface area contributed by atoms with E-state index in [0.717, 1.165) is 5.69 Å². The van der Waals surface area contributed by atoms with E-state index >= 15 is 0 Å². The van der Waals surface area contributed by atoms with Gasteiger partial charge in [0.1, 0.15) is 0 Å². The van der Waals surface area contributed by atoms with Crippen LogP contribution < -0.4 is 11.1 Å². The summed E-state index contributed by atoms with van der Waals surface area (Å²) in [5.74, 6) is 0.552. The number of H-pyrrole nitrogens is 1. The zero-order valence-corrected chi connectivity index (χ0v) is 9.45. The Balaban J connectivity index is 1.96. The topological polar surface area (TPSA) is 131 Å². The summed E-state index contributed by atoms with van der Waals surface area (Å²) >= 11 is 0. The second-order valence-corrected chi connectivity index (χ2v) is 3.80. The number of benzene rings is 1. The Bertz CT molecular complexity index is 660. The van der Waals surface area contributed by atoms with Crippen molar-refractivity contribution in [3.05, 3.63) is 18.0 Å².